The predicted molar refractivity (Wildman–Crippen MR) is 69.9 cm³/mol. The van der Waals surface area contributed by atoms with Crippen molar-refractivity contribution in [3.05, 3.63) is 35.6 Å². The minimum atomic E-state index is -1.06. The van der Waals surface area contributed by atoms with Crippen LogP contribution in [0, 0.1) is 6.92 Å². The molecule has 0 saturated carbocycles. The van der Waals surface area contributed by atoms with E-state index in [2.05, 4.69) is 5.32 Å². The number of hydrogen-bond donors (Lipinski definition) is 2. The Labute approximate surface area is 110 Å². The lowest BCUT2D eigenvalue weighted by Gasteiger charge is -2.12. The second kappa shape index (κ2) is 5.14. The zero-order valence-electron chi connectivity index (χ0n) is 10.8. The maximum Gasteiger partial charge on any atom is 0.326 e. The number of carbonyl (C=O) groups is 2. The second-order valence-corrected chi connectivity index (χ2v) is 4.51. The van der Waals surface area contributed by atoms with Crippen molar-refractivity contribution in [2.45, 2.75) is 26.3 Å². The SMILES string of the molecule is CC(=O)NC(Cc1coc2c(C)cccc12)C(=O)O. The summed E-state index contributed by atoms with van der Waals surface area (Å²) in [5.41, 5.74) is 2.53. The summed E-state index contributed by atoms with van der Waals surface area (Å²) in [6, 6.07) is 4.76. The Morgan fingerprint density at radius 2 is 2.16 bits per heavy atom. The Bertz CT molecular complexity index is 629. The third-order valence-corrected chi connectivity index (χ3v) is 2.98. The Hall–Kier alpha value is -2.30. The van der Waals surface area contributed by atoms with Crippen molar-refractivity contribution < 1.29 is 19.1 Å². The summed E-state index contributed by atoms with van der Waals surface area (Å²) in [5.74, 6) is -1.42. The average molecular weight is 261 g/mol. The molecule has 0 radical (unpaired) electrons. The van der Waals surface area contributed by atoms with Gasteiger partial charge in [-0.2, -0.15) is 0 Å². The number of rotatable bonds is 4. The maximum absolute atomic E-state index is 11.1. The molecule has 1 aromatic heterocycles. The van der Waals surface area contributed by atoms with E-state index in [9.17, 15) is 9.59 Å². The van der Waals surface area contributed by atoms with Gasteiger partial charge in [-0.3, -0.25) is 4.79 Å². The fraction of sp³-hybridized carbons (Fsp3) is 0.286. The number of aryl methyl sites for hydroxylation is 1. The van der Waals surface area contributed by atoms with E-state index in [-0.39, 0.29) is 12.3 Å². The number of carboxylic acids is 1. The van der Waals surface area contributed by atoms with Gasteiger partial charge < -0.3 is 14.8 Å². The van der Waals surface area contributed by atoms with Gasteiger partial charge in [-0.25, -0.2) is 4.79 Å². The number of aliphatic carboxylic acids is 1. The number of benzene rings is 1. The van der Waals surface area contributed by atoms with Gasteiger partial charge in [0.1, 0.15) is 11.6 Å². The summed E-state index contributed by atoms with van der Waals surface area (Å²) >= 11 is 0. The average Bonchev–Trinajstić information content (AvgIpc) is 2.72. The molecular formula is C14H15NO4. The number of para-hydroxylation sites is 1. The quantitative estimate of drug-likeness (QED) is 0.880. The van der Waals surface area contributed by atoms with Crippen LogP contribution in [0.4, 0.5) is 0 Å². The first-order valence-electron chi connectivity index (χ1n) is 5.94. The molecule has 0 bridgehead atoms. The lowest BCUT2D eigenvalue weighted by Crippen LogP contribution is -2.41. The van der Waals surface area contributed by atoms with E-state index in [1.54, 1.807) is 6.26 Å². The third-order valence-electron chi connectivity index (χ3n) is 2.98. The Morgan fingerprint density at radius 1 is 1.42 bits per heavy atom. The van der Waals surface area contributed by atoms with E-state index in [1.165, 1.54) is 6.92 Å². The largest absolute Gasteiger partial charge is 0.480 e. The molecule has 0 fully saturated rings. The van der Waals surface area contributed by atoms with Crippen LogP contribution in [0.2, 0.25) is 0 Å². The number of carboxylic acid groups (broad SMARTS) is 1. The number of fused-ring (bicyclic) bond motifs is 1. The molecule has 0 aliphatic carbocycles. The van der Waals surface area contributed by atoms with Crippen LogP contribution in [0.25, 0.3) is 11.0 Å². The van der Waals surface area contributed by atoms with E-state index in [0.717, 1.165) is 22.1 Å². The molecule has 5 nitrogen and oxygen atoms in total. The first kappa shape index (κ1) is 13.1. The standard InChI is InChI=1S/C14H15NO4/c1-8-4-3-5-11-10(7-19-13(8)11)6-12(14(17)18)15-9(2)16/h3-5,7,12H,6H2,1-2H3,(H,15,16)(H,17,18). The van der Waals surface area contributed by atoms with Crippen LogP contribution in [0.15, 0.2) is 28.9 Å². The van der Waals surface area contributed by atoms with Crippen LogP contribution in [-0.2, 0) is 16.0 Å². The number of furan rings is 1. The molecule has 1 heterocycles. The highest BCUT2D eigenvalue weighted by atomic mass is 16.4. The van der Waals surface area contributed by atoms with Gasteiger partial charge in [-0.05, 0) is 12.5 Å². The normalized spacial score (nSPS) is 12.3. The number of carbonyl (C=O) groups excluding carboxylic acids is 1. The summed E-state index contributed by atoms with van der Waals surface area (Å²) < 4.78 is 5.46. The minimum Gasteiger partial charge on any atom is -0.480 e. The van der Waals surface area contributed by atoms with Gasteiger partial charge in [0, 0.05) is 24.3 Å². The summed E-state index contributed by atoms with van der Waals surface area (Å²) in [6.45, 7) is 3.23. The van der Waals surface area contributed by atoms with Gasteiger partial charge >= 0.3 is 5.97 Å². The fourth-order valence-corrected chi connectivity index (χ4v) is 2.08. The van der Waals surface area contributed by atoms with Crippen molar-refractivity contribution in [3.8, 4) is 0 Å². The first-order valence-corrected chi connectivity index (χ1v) is 5.94. The molecule has 1 amide bonds. The maximum atomic E-state index is 11.1. The van der Waals surface area contributed by atoms with Gasteiger partial charge in [0.25, 0.3) is 0 Å². The van der Waals surface area contributed by atoms with E-state index in [0.29, 0.717) is 0 Å². The molecule has 2 aromatic rings. The molecular weight excluding hydrogens is 246 g/mol. The molecule has 0 aliphatic rings. The van der Waals surface area contributed by atoms with Crippen LogP contribution in [0.5, 0.6) is 0 Å². The van der Waals surface area contributed by atoms with Crippen LogP contribution < -0.4 is 5.32 Å². The highest BCUT2D eigenvalue weighted by Crippen LogP contribution is 2.25. The number of nitrogens with one attached hydrogen (secondary N) is 1. The molecule has 2 N–H and O–H groups in total. The molecule has 1 aromatic carbocycles. The molecule has 1 atom stereocenters. The Morgan fingerprint density at radius 3 is 2.79 bits per heavy atom. The molecule has 1 unspecified atom stereocenters. The van der Waals surface area contributed by atoms with E-state index >= 15 is 0 Å². The van der Waals surface area contributed by atoms with Crippen LogP contribution in [-0.4, -0.2) is 23.0 Å². The van der Waals surface area contributed by atoms with Gasteiger partial charge in [0.05, 0.1) is 6.26 Å². The van der Waals surface area contributed by atoms with Crippen LogP contribution in [0.1, 0.15) is 18.1 Å². The molecule has 0 saturated heterocycles. The Balaban J connectivity index is 2.31. The van der Waals surface area contributed by atoms with Crippen molar-refractivity contribution in [3.63, 3.8) is 0 Å². The van der Waals surface area contributed by atoms with Crippen molar-refractivity contribution in [2.75, 3.05) is 0 Å². The van der Waals surface area contributed by atoms with Crippen molar-refractivity contribution in [1.29, 1.82) is 0 Å². The Kier molecular flexibility index (Phi) is 3.55. The number of amides is 1. The van der Waals surface area contributed by atoms with Crippen LogP contribution >= 0.6 is 0 Å². The predicted octanol–water partition coefficient (Wildman–Crippen LogP) is 1.87. The van der Waals surface area contributed by atoms with Gasteiger partial charge in [-0.1, -0.05) is 18.2 Å². The van der Waals surface area contributed by atoms with E-state index in [1.807, 2.05) is 25.1 Å². The molecule has 0 spiro atoms. The molecule has 100 valence electrons. The molecule has 5 heteroatoms. The lowest BCUT2D eigenvalue weighted by molar-refractivity contribution is -0.141. The number of hydrogen-bond acceptors (Lipinski definition) is 3. The van der Waals surface area contributed by atoms with Crippen molar-refractivity contribution >= 4 is 22.8 Å². The van der Waals surface area contributed by atoms with Crippen LogP contribution in [0.3, 0.4) is 0 Å². The first-order chi connectivity index (χ1) is 8.99. The topological polar surface area (TPSA) is 79.5 Å². The summed E-state index contributed by atoms with van der Waals surface area (Å²) in [7, 11) is 0. The van der Waals surface area contributed by atoms with Crippen molar-refractivity contribution in [2.24, 2.45) is 0 Å². The second-order valence-electron chi connectivity index (χ2n) is 4.51. The molecule has 19 heavy (non-hydrogen) atoms. The highest BCUT2D eigenvalue weighted by Gasteiger charge is 2.21. The van der Waals surface area contributed by atoms with Gasteiger partial charge in [-0.15, -0.1) is 0 Å². The summed E-state index contributed by atoms with van der Waals surface area (Å²) in [6.07, 6.45) is 1.75. The van der Waals surface area contributed by atoms with Gasteiger partial charge in [0.2, 0.25) is 5.91 Å². The monoisotopic (exact) mass is 261 g/mol. The van der Waals surface area contributed by atoms with E-state index < -0.39 is 12.0 Å². The minimum absolute atomic E-state index is 0.200. The zero-order chi connectivity index (χ0) is 14.0. The lowest BCUT2D eigenvalue weighted by atomic mass is 10.0. The third kappa shape index (κ3) is 2.76. The van der Waals surface area contributed by atoms with Gasteiger partial charge in [0.15, 0.2) is 0 Å². The zero-order valence-corrected chi connectivity index (χ0v) is 10.8. The molecule has 2 rings (SSSR count). The van der Waals surface area contributed by atoms with Crippen molar-refractivity contribution in [1.82, 2.24) is 5.32 Å². The molecule has 0 aliphatic heterocycles. The highest BCUT2D eigenvalue weighted by molar-refractivity contribution is 5.86. The fourth-order valence-electron chi connectivity index (χ4n) is 2.08. The summed E-state index contributed by atoms with van der Waals surface area (Å²) in [4.78, 5) is 22.1. The smallest absolute Gasteiger partial charge is 0.326 e. The summed E-state index contributed by atoms with van der Waals surface area (Å²) in [5, 5.41) is 12.4. The van der Waals surface area contributed by atoms with E-state index in [4.69, 9.17) is 9.52 Å².